The molecule has 0 aliphatic heterocycles. The molecule has 1 aliphatic rings. The minimum absolute atomic E-state index is 0.0223. The predicted octanol–water partition coefficient (Wildman–Crippen LogP) is 2.11. The number of carboxylic acid groups (broad SMARTS) is 1. The van der Waals surface area contributed by atoms with E-state index in [0.717, 1.165) is 6.42 Å². The Morgan fingerprint density at radius 3 is 2.29 bits per heavy atom. The molecule has 0 aromatic carbocycles. The summed E-state index contributed by atoms with van der Waals surface area (Å²) in [5.74, 6) is -1.10. The molecule has 0 aromatic heterocycles. The van der Waals surface area contributed by atoms with Crippen LogP contribution < -0.4 is 0 Å². The number of hydrogen-bond acceptors (Lipinski definition) is 3. The standard InChI is InChI=1S/C12H21NO4/c1-12(2,3)17-11(16)13(4)9-6-5-8(7-9)10(14)15/h8-9H,5-7H2,1-4H3,(H,14,15)/t8-,9-/m1/s1. The van der Waals surface area contributed by atoms with Gasteiger partial charge in [-0.2, -0.15) is 0 Å². The molecule has 1 saturated carbocycles. The monoisotopic (exact) mass is 243 g/mol. The molecule has 0 aromatic rings. The molecule has 0 spiro atoms. The van der Waals surface area contributed by atoms with Gasteiger partial charge in [-0.1, -0.05) is 0 Å². The van der Waals surface area contributed by atoms with Gasteiger partial charge in [-0.3, -0.25) is 4.79 Å². The molecule has 98 valence electrons. The molecule has 17 heavy (non-hydrogen) atoms. The first-order valence-corrected chi connectivity index (χ1v) is 5.89. The maximum atomic E-state index is 11.8. The molecule has 1 rings (SSSR count). The van der Waals surface area contributed by atoms with E-state index in [1.807, 2.05) is 20.8 Å². The van der Waals surface area contributed by atoms with E-state index in [2.05, 4.69) is 0 Å². The highest BCUT2D eigenvalue weighted by Gasteiger charge is 2.34. The second-order valence-electron chi connectivity index (χ2n) is 5.59. The van der Waals surface area contributed by atoms with Crippen LogP contribution >= 0.6 is 0 Å². The van der Waals surface area contributed by atoms with E-state index in [1.165, 1.54) is 4.90 Å². The maximum absolute atomic E-state index is 11.8. The van der Waals surface area contributed by atoms with Crippen molar-refractivity contribution in [2.45, 2.75) is 51.7 Å². The lowest BCUT2D eigenvalue weighted by Gasteiger charge is -2.28. The second-order valence-corrected chi connectivity index (χ2v) is 5.59. The van der Waals surface area contributed by atoms with E-state index in [-0.39, 0.29) is 18.1 Å². The zero-order valence-corrected chi connectivity index (χ0v) is 10.9. The molecule has 0 unspecified atom stereocenters. The fraction of sp³-hybridized carbons (Fsp3) is 0.833. The first-order chi connectivity index (χ1) is 7.70. The predicted molar refractivity (Wildman–Crippen MR) is 62.8 cm³/mol. The van der Waals surface area contributed by atoms with Crippen LogP contribution in [0.4, 0.5) is 4.79 Å². The third-order valence-corrected chi connectivity index (χ3v) is 2.98. The van der Waals surface area contributed by atoms with Crippen molar-refractivity contribution in [2.24, 2.45) is 5.92 Å². The molecule has 5 heteroatoms. The van der Waals surface area contributed by atoms with E-state index >= 15 is 0 Å². The largest absolute Gasteiger partial charge is 0.481 e. The van der Waals surface area contributed by atoms with Crippen LogP contribution in [0.25, 0.3) is 0 Å². The number of amides is 1. The number of hydrogen-bond donors (Lipinski definition) is 1. The number of aliphatic carboxylic acids is 1. The quantitative estimate of drug-likeness (QED) is 0.806. The van der Waals surface area contributed by atoms with E-state index < -0.39 is 11.6 Å². The minimum Gasteiger partial charge on any atom is -0.481 e. The third kappa shape index (κ3) is 3.91. The average Bonchev–Trinajstić information content (AvgIpc) is 2.62. The van der Waals surface area contributed by atoms with Crippen molar-refractivity contribution in [1.82, 2.24) is 4.90 Å². The summed E-state index contributed by atoms with van der Waals surface area (Å²) in [4.78, 5) is 24.1. The van der Waals surface area contributed by atoms with Gasteiger partial charge in [-0.25, -0.2) is 4.79 Å². The van der Waals surface area contributed by atoms with Crippen molar-refractivity contribution in [1.29, 1.82) is 0 Å². The molecule has 1 aliphatic carbocycles. The highest BCUT2D eigenvalue weighted by atomic mass is 16.6. The van der Waals surface area contributed by atoms with Gasteiger partial charge in [0.05, 0.1) is 5.92 Å². The first kappa shape index (κ1) is 13.8. The number of carboxylic acids is 1. The fourth-order valence-electron chi connectivity index (χ4n) is 2.02. The summed E-state index contributed by atoms with van der Waals surface area (Å²) >= 11 is 0. The van der Waals surface area contributed by atoms with E-state index in [0.29, 0.717) is 12.8 Å². The van der Waals surface area contributed by atoms with Crippen molar-refractivity contribution in [3.8, 4) is 0 Å². The second kappa shape index (κ2) is 4.94. The molecular weight excluding hydrogens is 222 g/mol. The third-order valence-electron chi connectivity index (χ3n) is 2.98. The van der Waals surface area contributed by atoms with Crippen LogP contribution in [-0.2, 0) is 9.53 Å². The van der Waals surface area contributed by atoms with E-state index in [4.69, 9.17) is 9.84 Å². The molecule has 0 saturated heterocycles. The fourth-order valence-corrected chi connectivity index (χ4v) is 2.02. The van der Waals surface area contributed by atoms with Gasteiger partial charge < -0.3 is 14.7 Å². The Hall–Kier alpha value is -1.26. The van der Waals surface area contributed by atoms with Crippen LogP contribution in [0.5, 0.6) is 0 Å². The number of ether oxygens (including phenoxy) is 1. The summed E-state index contributed by atoms with van der Waals surface area (Å²) in [7, 11) is 1.67. The summed E-state index contributed by atoms with van der Waals surface area (Å²) in [5.41, 5.74) is -0.518. The van der Waals surface area contributed by atoms with Gasteiger partial charge in [0, 0.05) is 13.1 Å². The lowest BCUT2D eigenvalue weighted by atomic mass is 10.1. The summed E-state index contributed by atoms with van der Waals surface area (Å²) < 4.78 is 5.25. The Kier molecular flexibility index (Phi) is 4.01. The molecule has 5 nitrogen and oxygen atoms in total. The smallest absolute Gasteiger partial charge is 0.410 e. The lowest BCUT2D eigenvalue weighted by Crippen LogP contribution is -2.39. The number of carbonyl (C=O) groups excluding carboxylic acids is 1. The van der Waals surface area contributed by atoms with Crippen molar-refractivity contribution in [3.63, 3.8) is 0 Å². The zero-order chi connectivity index (χ0) is 13.2. The maximum Gasteiger partial charge on any atom is 0.410 e. The zero-order valence-electron chi connectivity index (χ0n) is 10.9. The highest BCUT2D eigenvalue weighted by molar-refractivity contribution is 5.71. The molecule has 1 N–H and O–H groups in total. The van der Waals surface area contributed by atoms with Crippen molar-refractivity contribution < 1.29 is 19.4 Å². The molecular formula is C12H21NO4. The average molecular weight is 243 g/mol. The van der Waals surface area contributed by atoms with Crippen LogP contribution in [0.3, 0.4) is 0 Å². The summed E-state index contributed by atoms with van der Waals surface area (Å²) in [5, 5.41) is 8.90. The van der Waals surface area contributed by atoms with Gasteiger partial charge in [0.2, 0.25) is 0 Å². The normalized spacial score (nSPS) is 24.5. The molecule has 0 radical (unpaired) electrons. The van der Waals surface area contributed by atoms with Gasteiger partial charge in [-0.05, 0) is 40.0 Å². The molecule has 1 amide bonds. The Balaban J connectivity index is 2.52. The van der Waals surface area contributed by atoms with E-state index in [1.54, 1.807) is 7.05 Å². The summed E-state index contributed by atoms with van der Waals surface area (Å²) in [6, 6.07) is -0.0223. The van der Waals surface area contributed by atoms with Crippen molar-refractivity contribution in [3.05, 3.63) is 0 Å². The Bertz CT molecular complexity index is 308. The van der Waals surface area contributed by atoms with Crippen LogP contribution in [0.15, 0.2) is 0 Å². The summed E-state index contributed by atoms with van der Waals surface area (Å²) in [6.07, 6.45) is 1.50. The molecule has 2 atom stereocenters. The van der Waals surface area contributed by atoms with Crippen LogP contribution in [-0.4, -0.2) is 40.8 Å². The first-order valence-electron chi connectivity index (χ1n) is 5.89. The van der Waals surface area contributed by atoms with Crippen molar-refractivity contribution in [2.75, 3.05) is 7.05 Å². The Morgan fingerprint density at radius 1 is 1.29 bits per heavy atom. The summed E-state index contributed by atoms with van der Waals surface area (Å²) in [6.45, 7) is 5.44. The van der Waals surface area contributed by atoms with E-state index in [9.17, 15) is 9.59 Å². The van der Waals surface area contributed by atoms with Gasteiger partial charge in [0.15, 0.2) is 0 Å². The number of nitrogens with zero attached hydrogens (tertiary/aromatic N) is 1. The van der Waals surface area contributed by atoms with Gasteiger partial charge >= 0.3 is 12.1 Å². The van der Waals surface area contributed by atoms with Crippen LogP contribution in [0, 0.1) is 5.92 Å². The van der Waals surface area contributed by atoms with Crippen LogP contribution in [0.1, 0.15) is 40.0 Å². The van der Waals surface area contributed by atoms with Crippen LogP contribution in [0.2, 0.25) is 0 Å². The van der Waals surface area contributed by atoms with Gasteiger partial charge in [0.1, 0.15) is 5.60 Å². The van der Waals surface area contributed by atoms with Gasteiger partial charge in [0.25, 0.3) is 0 Å². The Morgan fingerprint density at radius 2 is 1.88 bits per heavy atom. The number of rotatable bonds is 2. The minimum atomic E-state index is -0.773. The molecule has 0 bridgehead atoms. The van der Waals surface area contributed by atoms with Gasteiger partial charge in [-0.15, -0.1) is 0 Å². The topological polar surface area (TPSA) is 66.8 Å². The Labute approximate surface area is 102 Å². The molecule has 1 fully saturated rings. The number of carbonyl (C=O) groups is 2. The highest BCUT2D eigenvalue weighted by Crippen LogP contribution is 2.29. The lowest BCUT2D eigenvalue weighted by molar-refractivity contribution is -0.141. The van der Waals surface area contributed by atoms with Crippen molar-refractivity contribution >= 4 is 12.1 Å². The molecule has 0 heterocycles. The SMILES string of the molecule is CN(C(=O)OC(C)(C)C)[C@@H]1CC[C@@H](C(=O)O)C1.